The number of azide groups is 1. The Morgan fingerprint density at radius 3 is 2.83 bits per heavy atom. The Morgan fingerprint density at radius 1 is 1.45 bits per heavy atom. The van der Waals surface area contributed by atoms with Gasteiger partial charge in [0, 0.05) is 23.1 Å². The molecule has 0 saturated carbocycles. The first kappa shape index (κ1) is 20.6. The van der Waals surface area contributed by atoms with Gasteiger partial charge in [-0.1, -0.05) is 17.2 Å². The van der Waals surface area contributed by atoms with Gasteiger partial charge in [-0.15, -0.1) is 0 Å². The Bertz CT molecular complexity index is 962. The van der Waals surface area contributed by atoms with Crippen LogP contribution in [0.15, 0.2) is 40.4 Å². The third-order valence-electron chi connectivity index (χ3n) is 4.47. The average Bonchev–Trinajstić information content (AvgIpc) is 3.08. The molecule has 1 aliphatic heterocycles. The molecule has 4 atom stereocenters. The first-order valence-corrected chi connectivity index (χ1v) is 8.76. The monoisotopic (exact) mass is 407 g/mol. The fourth-order valence-electron chi connectivity index (χ4n) is 2.95. The van der Waals surface area contributed by atoms with Gasteiger partial charge in [-0.3, -0.25) is 9.36 Å². The van der Waals surface area contributed by atoms with E-state index in [2.05, 4.69) is 15.0 Å². The van der Waals surface area contributed by atoms with Crippen molar-refractivity contribution in [3.8, 4) is 11.8 Å². The van der Waals surface area contributed by atoms with Crippen molar-refractivity contribution >= 4 is 0 Å². The van der Waals surface area contributed by atoms with E-state index in [4.69, 9.17) is 19.7 Å². The summed E-state index contributed by atoms with van der Waals surface area (Å²) in [5, 5.41) is 3.35. The molecule has 0 amide bonds. The Labute approximate surface area is 164 Å². The maximum absolute atomic E-state index is 14.7. The van der Waals surface area contributed by atoms with E-state index >= 15 is 0 Å². The second-order valence-electron chi connectivity index (χ2n) is 6.45. The van der Waals surface area contributed by atoms with E-state index in [1.54, 1.807) is 31.2 Å². The molecule has 0 aliphatic carbocycles. The summed E-state index contributed by atoms with van der Waals surface area (Å²) in [5.41, 5.74) is 9.22. The predicted octanol–water partition coefficient (Wildman–Crippen LogP) is 3.05. The summed E-state index contributed by atoms with van der Waals surface area (Å²) in [5.74, 6) is 0.645. The van der Waals surface area contributed by atoms with Gasteiger partial charge < -0.3 is 14.2 Å². The molecule has 154 valence electrons. The third kappa shape index (κ3) is 4.64. The normalized spacial score (nSPS) is 22.0. The van der Waals surface area contributed by atoms with E-state index in [1.807, 2.05) is 0 Å². The first-order chi connectivity index (χ1) is 13.9. The highest BCUT2D eigenvalue weighted by atomic mass is 19.2. The van der Waals surface area contributed by atoms with Gasteiger partial charge >= 0.3 is 6.01 Å². The van der Waals surface area contributed by atoms with Gasteiger partial charge in [0.15, 0.2) is 6.36 Å². The molecule has 0 radical (unpaired) electrons. The van der Waals surface area contributed by atoms with Gasteiger partial charge in [0.1, 0.15) is 11.9 Å². The Kier molecular flexibility index (Phi) is 6.30. The molecule has 3 rings (SSSR count). The van der Waals surface area contributed by atoms with Gasteiger partial charge in [-0.2, -0.15) is 4.39 Å². The average molecular weight is 407 g/mol. The zero-order valence-electron chi connectivity index (χ0n) is 15.7. The van der Waals surface area contributed by atoms with E-state index in [0.717, 1.165) is 10.1 Å². The summed E-state index contributed by atoms with van der Waals surface area (Å²) in [4.78, 5) is 19.2. The summed E-state index contributed by atoms with van der Waals surface area (Å²) < 4.78 is 44.5. The molecule has 0 spiro atoms. The fourth-order valence-corrected chi connectivity index (χ4v) is 2.95. The second kappa shape index (κ2) is 8.89. The summed E-state index contributed by atoms with van der Waals surface area (Å²) in [6.07, 6.45) is -4.44. The first-order valence-electron chi connectivity index (χ1n) is 8.76. The van der Waals surface area contributed by atoms with Crippen molar-refractivity contribution in [2.75, 3.05) is 7.11 Å². The zero-order chi connectivity index (χ0) is 21.0. The predicted molar refractivity (Wildman–Crippen MR) is 98.2 cm³/mol. The number of ether oxygens (including phenoxy) is 3. The van der Waals surface area contributed by atoms with E-state index < -0.39 is 30.4 Å². The molecule has 1 aromatic carbocycles. The molecular formula is C18H19F2N5O4. The van der Waals surface area contributed by atoms with Crippen LogP contribution in [0.2, 0.25) is 0 Å². The topological polar surface area (TPSA) is 111 Å². The van der Waals surface area contributed by atoms with Crippen molar-refractivity contribution in [1.29, 1.82) is 0 Å². The standard InChI is InChI=1S/C18H19F2N5O4/c1-10-8-22-18(29-16(20)15-13(23-24-21)7-14(19)28-15)25(17(10)26)9-11-3-5-12(27-2)6-4-11/h3-6,8,13-16H,7,9H2,1-2H3/t13-,14-,15-,16?/m0/s1. The largest absolute Gasteiger partial charge is 0.497 e. The van der Waals surface area contributed by atoms with Gasteiger partial charge in [0.2, 0.25) is 0 Å². The highest BCUT2D eigenvalue weighted by Gasteiger charge is 2.42. The molecule has 2 aromatic rings. The van der Waals surface area contributed by atoms with Crippen LogP contribution in [0, 0.1) is 6.92 Å². The second-order valence-corrected chi connectivity index (χ2v) is 6.45. The molecule has 29 heavy (non-hydrogen) atoms. The Hall–Kier alpha value is -3.17. The van der Waals surface area contributed by atoms with Crippen LogP contribution in [0.5, 0.6) is 11.8 Å². The van der Waals surface area contributed by atoms with Gasteiger partial charge in [-0.25, -0.2) is 9.37 Å². The van der Waals surface area contributed by atoms with Gasteiger partial charge in [0.05, 0.1) is 19.7 Å². The maximum Gasteiger partial charge on any atom is 0.302 e. The number of aromatic nitrogens is 2. The highest BCUT2D eigenvalue weighted by Crippen LogP contribution is 2.29. The lowest BCUT2D eigenvalue weighted by atomic mass is 10.1. The van der Waals surface area contributed by atoms with Crippen LogP contribution in [0.4, 0.5) is 8.78 Å². The van der Waals surface area contributed by atoms with Crippen molar-refractivity contribution in [1.82, 2.24) is 9.55 Å². The van der Waals surface area contributed by atoms with Gasteiger partial charge in [-0.05, 0) is 30.2 Å². The summed E-state index contributed by atoms with van der Waals surface area (Å²) in [6, 6.07) is 5.57. The molecule has 1 aromatic heterocycles. The van der Waals surface area contributed by atoms with Crippen LogP contribution >= 0.6 is 0 Å². The minimum Gasteiger partial charge on any atom is -0.497 e. The minimum atomic E-state index is -2.19. The number of rotatable bonds is 7. The number of alkyl halides is 2. The molecule has 1 aliphatic rings. The lowest BCUT2D eigenvalue weighted by Crippen LogP contribution is -2.37. The molecule has 0 bridgehead atoms. The molecule has 1 fully saturated rings. The number of aryl methyl sites for hydroxylation is 1. The smallest absolute Gasteiger partial charge is 0.302 e. The van der Waals surface area contributed by atoms with E-state index in [0.29, 0.717) is 11.3 Å². The molecule has 1 unspecified atom stereocenters. The van der Waals surface area contributed by atoms with E-state index in [9.17, 15) is 13.6 Å². The minimum absolute atomic E-state index is 0.0661. The lowest BCUT2D eigenvalue weighted by molar-refractivity contribution is -0.117. The number of nitrogens with zero attached hydrogens (tertiary/aromatic N) is 5. The van der Waals surface area contributed by atoms with Crippen molar-refractivity contribution in [3.63, 3.8) is 0 Å². The van der Waals surface area contributed by atoms with Crippen LogP contribution in [-0.4, -0.2) is 41.5 Å². The van der Waals surface area contributed by atoms with Crippen LogP contribution < -0.4 is 15.0 Å². The fraction of sp³-hybridized carbons (Fsp3) is 0.444. The SMILES string of the molecule is COc1ccc(Cn2c(OC(F)[C@H]3O[C@H](F)C[C@@H]3N=[N+]=[N-])ncc(C)c2=O)cc1. The quantitative estimate of drug-likeness (QED) is 0.398. The number of hydrogen-bond acceptors (Lipinski definition) is 6. The third-order valence-corrected chi connectivity index (χ3v) is 4.47. The van der Waals surface area contributed by atoms with Crippen LogP contribution in [-0.2, 0) is 11.3 Å². The molecule has 1 saturated heterocycles. The maximum atomic E-state index is 14.7. The zero-order valence-corrected chi connectivity index (χ0v) is 15.7. The number of hydrogen-bond donors (Lipinski definition) is 0. The van der Waals surface area contributed by atoms with Crippen LogP contribution in [0.1, 0.15) is 17.5 Å². The van der Waals surface area contributed by atoms with Crippen LogP contribution in [0.3, 0.4) is 0 Å². The summed E-state index contributed by atoms with van der Waals surface area (Å²) in [6.45, 7) is 1.64. The molecule has 2 heterocycles. The Balaban J connectivity index is 1.86. The number of halogens is 2. The van der Waals surface area contributed by atoms with Crippen molar-refractivity contribution in [3.05, 3.63) is 62.4 Å². The Morgan fingerprint density at radius 2 is 2.17 bits per heavy atom. The molecule has 0 N–H and O–H groups in total. The van der Waals surface area contributed by atoms with E-state index in [1.165, 1.54) is 13.3 Å². The number of methoxy groups -OCH3 is 1. The summed E-state index contributed by atoms with van der Waals surface area (Å²) in [7, 11) is 1.54. The van der Waals surface area contributed by atoms with Crippen molar-refractivity contribution in [2.45, 2.75) is 44.8 Å². The molecule has 11 heteroatoms. The lowest BCUT2D eigenvalue weighted by Gasteiger charge is -2.21. The summed E-state index contributed by atoms with van der Waals surface area (Å²) >= 11 is 0. The molecular weight excluding hydrogens is 388 g/mol. The molecule has 9 nitrogen and oxygen atoms in total. The van der Waals surface area contributed by atoms with Crippen molar-refractivity contribution in [2.24, 2.45) is 5.11 Å². The van der Waals surface area contributed by atoms with Gasteiger partial charge in [0.25, 0.3) is 11.9 Å². The number of benzene rings is 1. The van der Waals surface area contributed by atoms with Crippen molar-refractivity contribution < 1.29 is 23.0 Å². The van der Waals surface area contributed by atoms with Crippen LogP contribution in [0.25, 0.3) is 10.4 Å². The highest BCUT2D eigenvalue weighted by molar-refractivity contribution is 5.28. The van der Waals surface area contributed by atoms with E-state index in [-0.39, 0.29) is 19.0 Å².